The molecule has 0 aliphatic rings. The summed E-state index contributed by atoms with van der Waals surface area (Å²) in [6, 6.07) is -2.08. The van der Waals surface area contributed by atoms with Crippen LogP contribution < -0.4 is 5.32 Å². The summed E-state index contributed by atoms with van der Waals surface area (Å²) in [7, 11) is 1.14. The standard InChI is InChI=1S/C10H14N4O5/c1-6(14-5-11-4-12-14)9(16)13-7(10(17)18)3-8(15)19-2/h4-7H,3H2,1-2H3,(H,13,16)(H,17,18)/t6?,7-/m0/s1. The molecule has 0 fully saturated rings. The second-order valence-electron chi connectivity index (χ2n) is 3.73. The van der Waals surface area contributed by atoms with Crippen LogP contribution in [0.4, 0.5) is 0 Å². The fourth-order valence-corrected chi connectivity index (χ4v) is 1.28. The van der Waals surface area contributed by atoms with Gasteiger partial charge in [0.15, 0.2) is 0 Å². The smallest absolute Gasteiger partial charge is 0.326 e. The Labute approximate surface area is 108 Å². The van der Waals surface area contributed by atoms with Gasteiger partial charge in [-0.25, -0.2) is 14.5 Å². The number of hydrogen-bond acceptors (Lipinski definition) is 6. The molecule has 0 saturated carbocycles. The van der Waals surface area contributed by atoms with E-state index in [2.05, 4.69) is 20.1 Å². The molecule has 1 unspecified atom stereocenters. The minimum atomic E-state index is -1.34. The molecule has 0 aliphatic heterocycles. The number of carbonyl (C=O) groups excluding carboxylic acids is 2. The van der Waals surface area contributed by atoms with E-state index < -0.39 is 36.4 Å². The molecule has 1 amide bonds. The lowest BCUT2D eigenvalue weighted by Gasteiger charge is -2.16. The van der Waals surface area contributed by atoms with Gasteiger partial charge in [0.25, 0.3) is 0 Å². The number of aromatic nitrogens is 3. The Hall–Kier alpha value is -2.45. The van der Waals surface area contributed by atoms with Gasteiger partial charge in [0.05, 0.1) is 13.5 Å². The first-order valence-electron chi connectivity index (χ1n) is 5.39. The minimum Gasteiger partial charge on any atom is -0.480 e. The van der Waals surface area contributed by atoms with Gasteiger partial charge in [-0.2, -0.15) is 5.10 Å². The van der Waals surface area contributed by atoms with Crippen LogP contribution in [-0.4, -0.2) is 50.9 Å². The predicted octanol–water partition coefficient (Wildman–Crippen LogP) is -1.03. The molecule has 1 heterocycles. The number of carboxylic acids is 1. The molecule has 0 aliphatic carbocycles. The quantitative estimate of drug-likeness (QED) is 0.633. The number of hydrogen-bond donors (Lipinski definition) is 2. The van der Waals surface area contributed by atoms with Gasteiger partial charge in [-0.15, -0.1) is 0 Å². The normalized spacial score (nSPS) is 13.4. The predicted molar refractivity (Wildman–Crippen MR) is 60.9 cm³/mol. The van der Waals surface area contributed by atoms with E-state index in [9.17, 15) is 14.4 Å². The van der Waals surface area contributed by atoms with Crippen LogP contribution >= 0.6 is 0 Å². The van der Waals surface area contributed by atoms with Crippen LogP contribution in [0, 0.1) is 0 Å². The van der Waals surface area contributed by atoms with Crippen LogP contribution in [0.15, 0.2) is 12.7 Å². The second-order valence-corrected chi connectivity index (χ2v) is 3.73. The van der Waals surface area contributed by atoms with Crippen LogP contribution in [0.1, 0.15) is 19.4 Å². The molecular weight excluding hydrogens is 256 g/mol. The monoisotopic (exact) mass is 270 g/mol. The third kappa shape index (κ3) is 4.05. The van der Waals surface area contributed by atoms with Crippen molar-refractivity contribution in [3.8, 4) is 0 Å². The number of amides is 1. The average Bonchev–Trinajstić information content (AvgIpc) is 2.90. The van der Waals surface area contributed by atoms with Crippen molar-refractivity contribution in [2.75, 3.05) is 7.11 Å². The number of carboxylic acid groups (broad SMARTS) is 1. The van der Waals surface area contributed by atoms with Crippen molar-refractivity contribution in [3.63, 3.8) is 0 Å². The van der Waals surface area contributed by atoms with E-state index in [1.165, 1.54) is 24.3 Å². The number of nitrogens with zero attached hydrogens (tertiary/aromatic N) is 3. The highest BCUT2D eigenvalue weighted by Crippen LogP contribution is 2.04. The zero-order valence-electron chi connectivity index (χ0n) is 10.4. The van der Waals surface area contributed by atoms with E-state index >= 15 is 0 Å². The maximum Gasteiger partial charge on any atom is 0.326 e. The number of ether oxygens (including phenoxy) is 1. The first-order valence-corrected chi connectivity index (χ1v) is 5.39. The van der Waals surface area contributed by atoms with Crippen molar-refractivity contribution in [3.05, 3.63) is 12.7 Å². The fourth-order valence-electron chi connectivity index (χ4n) is 1.28. The van der Waals surface area contributed by atoms with Gasteiger partial charge in [-0.3, -0.25) is 9.59 Å². The van der Waals surface area contributed by atoms with Gasteiger partial charge < -0.3 is 15.2 Å². The summed E-state index contributed by atoms with van der Waals surface area (Å²) in [6.07, 6.45) is 2.15. The number of nitrogens with one attached hydrogen (secondary N) is 1. The van der Waals surface area contributed by atoms with Crippen molar-refractivity contribution in [1.29, 1.82) is 0 Å². The van der Waals surface area contributed by atoms with Gasteiger partial charge in [-0.05, 0) is 6.92 Å². The molecule has 0 aromatic carbocycles. The lowest BCUT2D eigenvalue weighted by atomic mass is 10.2. The highest BCUT2D eigenvalue weighted by atomic mass is 16.5. The van der Waals surface area contributed by atoms with Crippen LogP contribution in [-0.2, 0) is 19.1 Å². The molecule has 19 heavy (non-hydrogen) atoms. The van der Waals surface area contributed by atoms with Crippen molar-refractivity contribution in [2.24, 2.45) is 0 Å². The summed E-state index contributed by atoms with van der Waals surface area (Å²) in [5.41, 5.74) is 0. The van der Waals surface area contributed by atoms with Crippen molar-refractivity contribution in [2.45, 2.75) is 25.4 Å². The van der Waals surface area contributed by atoms with E-state index in [0.29, 0.717) is 0 Å². The van der Waals surface area contributed by atoms with Crippen LogP contribution in [0.3, 0.4) is 0 Å². The van der Waals surface area contributed by atoms with Gasteiger partial charge in [0.1, 0.15) is 24.7 Å². The fraction of sp³-hybridized carbons (Fsp3) is 0.500. The minimum absolute atomic E-state index is 0.443. The Kier molecular flexibility index (Phi) is 4.98. The summed E-state index contributed by atoms with van der Waals surface area (Å²) in [5, 5.41) is 14.9. The lowest BCUT2D eigenvalue weighted by molar-refractivity contribution is -0.149. The Morgan fingerprint density at radius 3 is 2.63 bits per heavy atom. The highest BCUT2D eigenvalue weighted by molar-refractivity contribution is 5.88. The lowest BCUT2D eigenvalue weighted by Crippen LogP contribution is -2.45. The number of carbonyl (C=O) groups is 3. The van der Waals surface area contributed by atoms with E-state index in [1.54, 1.807) is 0 Å². The number of methoxy groups -OCH3 is 1. The van der Waals surface area contributed by atoms with E-state index in [4.69, 9.17) is 5.11 Å². The van der Waals surface area contributed by atoms with E-state index in [1.807, 2.05) is 0 Å². The van der Waals surface area contributed by atoms with E-state index in [-0.39, 0.29) is 0 Å². The van der Waals surface area contributed by atoms with Crippen molar-refractivity contribution in [1.82, 2.24) is 20.1 Å². The van der Waals surface area contributed by atoms with Crippen molar-refractivity contribution >= 4 is 17.8 Å². The SMILES string of the molecule is COC(=O)C[C@H](NC(=O)C(C)n1cncn1)C(=O)O. The largest absolute Gasteiger partial charge is 0.480 e. The second kappa shape index (κ2) is 6.47. The Morgan fingerprint density at radius 1 is 1.47 bits per heavy atom. The first-order chi connectivity index (χ1) is 8.95. The number of esters is 1. The summed E-state index contributed by atoms with van der Waals surface area (Å²) >= 11 is 0. The van der Waals surface area contributed by atoms with Crippen LogP contribution in [0.25, 0.3) is 0 Å². The first kappa shape index (κ1) is 14.6. The summed E-state index contributed by atoms with van der Waals surface area (Å²) in [6.45, 7) is 1.53. The van der Waals surface area contributed by atoms with Gasteiger partial charge in [0, 0.05) is 0 Å². The van der Waals surface area contributed by atoms with Crippen LogP contribution in [0.2, 0.25) is 0 Å². The number of rotatable bonds is 6. The Balaban J connectivity index is 2.66. The molecule has 1 rings (SSSR count). The van der Waals surface area contributed by atoms with Crippen LogP contribution in [0.5, 0.6) is 0 Å². The van der Waals surface area contributed by atoms with Gasteiger partial charge in [-0.1, -0.05) is 0 Å². The molecule has 0 spiro atoms. The Morgan fingerprint density at radius 2 is 2.16 bits per heavy atom. The van der Waals surface area contributed by atoms with Gasteiger partial charge in [0.2, 0.25) is 5.91 Å². The molecule has 1 aromatic rings. The molecule has 0 saturated heterocycles. The maximum absolute atomic E-state index is 11.8. The molecule has 1 aromatic heterocycles. The molecule has 104 valence electrons. The van der Waals surface area contributed by atoms with Gasteiger partial charge >= 0.3 is 11.9 Å². The molecule has 0 bridgehead atoms. The molecular formula is C10H14N4O5. The Bertz CT molecular complexity index is 458. The van der Waals surface area contributed by atoms with E-state index in [0.717, 1.165) is 7.11 Å². The zero-order chi connectivity index (χ0) is 14.4. The third-order valence-corrected chi connectivity index (χ3v) is 2.43. The summed E-state index contributed by atoms with van der Waals surface area (Å²) in [5.74, 6) is -2.62. The molecule has 2 N–H and O–H groups in total. The molecule has 9 nitrogen and oxygen atoms in total. The number of aliphatic carboxylic acids is 1. The molecule has 0 radical (unpaired) electrons. The average molecular weight is 270 g/mol. The summed E-state index contributed by atoms with van der Waals surface area (Å²) < 4.78 is 5.63. The molecule has 9 heteroatoms. The topological polar surface area (TPSA) is 123 Å². The third-order valence-electron chi connectivity index (χ3n) is 2.43. The maximum atomic E-state index is 11.8. The summed E-state index contributed by atoms with van der Waals surface area (Å²) in [4.78, 5) is 37.5. The molecule has 2 atom stereocenters. The van der Waals surface area contributed by atoms with Crippen molar-refractivity contribution < 1.29 is 24.2 Å². The highest BCUT2D eigenvalue weighted by Gasteiger charge is 2.26. The zero-order valence-corrected chi connectivity index (χ0v) is 10.4.